The fraction of sp³-hybridized carbons (Fsp3) is 0.600. The summed E-state index contributed by atoms with van der Waals surface area (Å²) in [6.07, 6.45) is 4.38. The maximum absolute atomic E-state index is 12.0. The van der Waals surface area contributed by atoms with Gasteiger partial charge in [-0.3, -0.25) is 4.79 Å². The van der Waals surface area contributed by atoms with Crippen LogP contribution in [-0.2, 0) is 0 Å². The van der Waals surface area contributed by atoms with Crippen LogP contribution in [0.15, 0.2) is 12.1 Å². The zero-order chi connectivity index (χ0) is 14.1. The number of carbonyl (C=O) groups is 1. The molecule has 0 aliphatic heterocycles. The summed E-state index contributed by atoms with van der Waals surface area (Å²) in [7, 11) is 0. The smallest absolute Gasteiger partial charge is 0.251 e. The molecule has 4 heteroatoms. The number of hydrogen-bond acceptors (Lipinski definition) is 3. The molecule has 0 aromatic carbocycles. The van der Waals surface area contributed by atoms with Crippen LogP contribution in [0, 0.1) is 6.92 Å². The number of unbranched alkanes of at least 4 members (excludes halogenated alkanes) is 2. The van der Waals surface area contributed by atoms with Crippen molar-refractivity contribution in [1.29, 1.82) is 0 Å². The number of anilines is 1. The number of nitrogens with one attached hydrogen (secondary N) is 2. The van der Waals surface area contributed by atoms with Crippen molar-refractivity contribution in [3.8, 4) is 0 Å². The average molecular weight is 263 g/mol. The van der Waals surface area contributed by atoms with E-state index in [0.29, 0.717) is 5.56 Å². The van der Waals surface area contributed by atoms with E-state index >= 15 is 0 Å². The summed E-state index contributed by atoms with van der Waals surface area (Å²) >= 11 is 0. The minimum atomic E-state index is -0.0128. The zero-order valence-corrected chi connectivity index (χ0v) is 12.3. The summed E-state index contributed by atoms with van der Waals surface area (Å²) in [5.74, 6) is 0.765. The Morgan fingerprint density at radius 2 is 1.95 bits per heavy atom. The first kappa shape index (κ1) is 15.5. The van der Waals surface area contributed by atoms with Gasteiger partial charge in [-0.15, -0.1) is 0 Å². The molecule has 0 saturated heterocycles. The van der Waals surface area contributed by atoms with Crippen LogP contribution in [0.1, 0.15) is 55.6 Å². The van der Waals surface area contributed by atoms with E-state index in [1.165, 1.54) is 0 Å². The Morgan fingerprint density at radius 3 is 2.63 bits per heavy atom. The molecule has 1 aromatic rings. The van der Waals surface area contributed by atoms with Crippen molar-refractivity contribution in [2.24, 2.45) is 0 Å². The first-order valence-corrected chi connectivity index (χ1v) is 7.18. The van der Waals surface area contributed by atoms with Gasteiger partial charge in [0.1, 0.15) is 5.82 Å². The predicted molar refractivity (Wildman–Crippen MR) is 79.6 cm³/mol. The summed E-state index contributed by atoms with van der Waals surface area (Å²) in [5.41, 5.74) is 1.54. The number of hydrogen-bond donors (Lipinski definition) is 2. The minimum Gasteiger partial charge on any atom is -0.370 e. The van der Waals surface area contributed by atoms with Crippen LogP contribution in [0.2, 0.25) is 0 Å². The van der Waals surface area contributed by atoms with Gasteiger partial charge in [-0.05, 0) is 31.9 Å². The van der Waals surface area contributed by atoms with Gasteiger partial charge in [0.05, 0.1) is 0 Å². The topological polar surface area (TPSA) is 54.0 Å². The SMILES string of the molecule is CCCCCNC(=O)c1cc(C)nc(NCCC)c1. The Labute approximate surface area is 116 Å². The highest BCUT2D eigenvalue weighted by Gasteiger charge is 2.07. The molecule has 1 amide bonds. The van der Waals surface area contributed by atoms with Crippen LogP contribution < -0.4 is 10.6 Å². The number of amides is 1. The first-order chi connectivity index (χ1) is 9.17. The van der Waals surface area contributed by atoms with Gasteiger partial charge in [0.25, 0.3) is 5.91 Å². The van der Waals surface area contributed by atoms with E-state index in [-0.39, 0.29) is 5.91 Å². The van der Waals surface area contributed by atoms with Crippen molar-refractivity contribution in [2.45, 2.75) is 46.5 Å². The second-order valence-corrected chi connectivity index (χ2v) is 4.77. The number of pyridine rings is 1. The van der Waals surface area contributed by atoms with E-state index in [1.807, 2.05) is 19.1 Å². The van der Waals surface area contributed by atoms with Crippen LogP contribution in [0.3, 0.4) is 0 Å². The van der Waals surface area contributed by atoms with Gasteiger partial charge in [-0.1, -0.05) is 26.7 Å². The number of nitrogens with zero attached hydrogens (tertiary/aromatic N) is 1. The lowest BCUT2D eigenvalue weighted by atomic mass is 10.2. The summed E-state index contributed by atoms with van der Waals surface area (Å²) in [5, 5.41) is 6.17. The van der Waals surface area contributed by atoms with Crippen molar-refractivity contribution >= 4 is 11.7 Å². The molecule has 0 fully saturated rings. The molecule has 0 saturated carbocycles. The Kier molecular flexibility index (Phi) is 6.93. The molecule has 1 rings (SSSR count). The van der Waals surface area contributed by atoms with E-state index in [0.717, 1.165) is 50.3 Å². The molecule has 0 unspecified atom stereocenters. The lowest BCUT2D eigenvalue weighted by molar-refractivity contribution is 0.0953. The average Bonchev–Trinajstić information content (AvgIpc) is 2.40. The molecule has 0 bridgehead atoms. The molecule has 19 heavy (non-hydrogen) atoms. The summed E-state index contributed by atoms with van der Waals surface area (Å²) in [6, 6.07) is 3.64. The Balaban J connectivity index is 2.60. The Hall–Kier alpha value is -1.58. The second-order valence-electron chi connectivity index (χ2n) is 4.77. The summed E-state index contributed by atoms with van der Waals surface area (Å²) < 4.78 is 0. The van der Waals surface area contributed by atoms with E-state index in [2.05, 4.69) is 29.5 Å². The molecule has 1 heterocycles. The van der Waals surface area contributed by atoms with Gasteiger partial charge in [-0.25, -0.2) is 4.98 Å². The fourth-order valence-electron chi connectivity index (χ4n) is 1.82. The van der Waals surface area contributed by atoms with Gasteiger partial charge in [-0.2, -0.15) is 0 Å². The molecule has 0 radical (unpaired) electrons. The quantitative estimate of drug-likeness (QED) is 0.708. The maximum Gasteiger partial charge on any atom is 0.251 e. The van der Waals surface area contributed by atoms with E-state index < -0.39 is 0 Å². The van der Waals surface area contributed by atoms with Gasteiger partial charge in [0.2, 0.25) is 0 Å². The highest BCUT2D eigenvalue weighted by Crippen LogP contribution is 2.10. The molecule has 0 spiro atoms. The molecule has 4 nitrogen and oxygen atoms in total. The van der Waals surface area contributed by atoms with Gasteiger partial charge in [0, 0.05) is 24.3 Å². The van der Waals surface area contributed by atoms with Crippen molar-refractivity contribution in [2.75, 3.05) is 18.4 Å². The van der Waals surface area contributed by atoms with Crippen LogP contribution in [0.4, 0.5) is 5.82 Å². The van der Waals surface area contributed by atoms with Crippen molar-refractivity contribution in [3.63, 3.8) is 0 Å². The number of rotatable bonds is 8. The normalized spacial score (nSPS) is 10.3. The molecule has 1 aromatic heterocycles. The number of aromatic nitrogens is 1. The molecule has 0 aliphatic rings. The van der Waals surface area contributed by atoms with Gasteiger partial charge in [0.15, 0.2) is 0 Å². The number of carbonyl (C=O) groups excluding carboxylic acids is 1. The van der Waals surface area contributed by atoms with Crippen molar-refractivity contribution < 1.29 is 4.79 Å². The van der Waals surface area contributed by atoms with Gasteiger partial charge >= 0.3 is 0 Å². The Morgan fingerprint density at radius 1 is 1.16 bits per heavy atom. The second kappa shape index (κ2) is 8.51. The van der Waals surface area contributed by atoms with Crippen LogP contribution in [0.5, 0.6) is 0 Å². The largest absolute Gasteiger partial charge is 0.370 e. The van der Waals surface area contributed by atoms with Crippen molar-refractivity contribution in [1.82, 2.24) is 10.3 Å². The first-order valence-electron chi connectivity index (χ1n) is 7.18. The highest BCUT2D eigenvalue weighted by molar-refractivity contribution is 5.94. The monoisotopic (exact) mass is 263 g/mol. The Bertz CT molecular complexity index is 404. The molecular weight excluding hydrogens is 238 g/mol. The van der Waals surface area contributed by atoms with Crippen LogP contribution in [0.25, 0.3) is 0 Å². The third-order valence-electron chi connectivity index (χ3n) is 2.84. The van der Waals surface area contributed by atoms with Crippen molar-refractivity contribution in [3.05, 3.63) is 23.4 Å². The molecular formula is C15H25N3O. The third-order valence-corrected chi connectivity index (χ3v) is 2.84. The molecule has 2 N–H and O–H groups in total. The summed E-state index contributed by atoms with van der Waals surface area (Å²) in [6.45, 7) is 7.77. The third kappa shape index (κ3) is 5.73. The fourth-order valence-corrected chi connectivity index (χ4v) is 1.82. The lowest BCUT2D eigenvalue weighted by Crippen LogP contribution is -2.24. The maximum atomic E-state index is 12.0. The van der Waals surface area contributed by atoms with E-state index in [1.54, 1.807) is 0 Å². The molecule has 0 atom stereocenters. The minimum absolute atomic E-state index is 0.0128. The van der Waals surface area contributed by atoms with E-state index in [4.69, 9.17) is 0 Å². The lowest BCUT2D eigenvalue weighted by Gasteiger charge is -2.09. The van der Waals surface area contributed by atoms with Gasteiger partial charge < -0.3 is 10.6 Å². The van der Waals surface area contributed by atoms with Crippen LogP contribution >= 0.6 is 0 Å². The molecule has 0 aliphatic carbocycles. The number of aryl methyl sites for hydroxylation is 1. The molecule has 106 valence electrons. The standard InChI is InChI=1S/C15H25N3O/c1-4-6-7-9-17-15(19)13-10-12(3)18-14(11-13)16-8-5-2/h10-11H,4-9H2,1-3H3,(H,16,18)(H,17,19). The highest BCUT2D eigenvalue weighted by atomic mass is 16.1. The van der Waals surface area contributed by atoms with Crippen LogP contribution in [-0.4, -0.2) is 24.0 Å². The predicted octanol–water partition coefficient (Wildman–Crippen LogP) is 3.13. The van der Waals surface area contributed by atoms with E-state index in [9.17, 15) is 4.79 Å². The summed E-state index contributed by atoms with van der Waals surface area (Å²) in [4.78, 5) is 16.4. The zero-order valence-electron chi connectivity index (χ0n) is 12.3.